The number of aliphatic hydroxyl groups excluding tert-OH is 2. The first-order valence-electron chi connectivity index (χ1n) is 9.44. The van der Waals surface area contributed by atoms with Gasteiger partial charge < -0.3 is 36.6 Å². The van der Waals surface area contributed by atoms with Gasteiger partial charge >= 0.3 is 0 Å². The Hall–Kier alpha value is -2.00. The first-order valence-corrected chi connectivity index (χ1v) is 11.2. The van der Waals surface area contributed by atoms with Gasteiger partial charge in [0.25, 0.3) is 11.8 Å². The summed E-state index contributed by atoms with van der Waals surface area (Å²) in [5.74, 6) is -1.04. The summed E-state index contributed by atoms with van der Waals surface area (Å²) in [6.07, 6.45) is 2.92. The number of aromatic nitrogens is 2. The molecule has 2 aromatic heterocycles. The Morgan fingerprint density at radius 1 is 0.871 bits per heavy atom. The Morgan fingerprint density at radius 2 is 1.26 bits per heavy atom. The molecule has 4 heterocycles. The van der Waals surface area contributed by atoms with Crippen molar-refractivity contribution in [3.63, 3.8) is 0 Å². The van der Waals surface area contributed by atoms with Gasteiger partial charge in [-0.25, -0.2) is 9.97 Å². The highest BCUT2D eigenvalue weighted by Gasteiger charge is 2.29. The van der Waals surface area contributed by atoms with E-state index >= 15 is 0 Å². The number of thiazole rings is 2. The van der Waals surface area contributed by atoms with Crippen molar-refractivity contribution in [1.29, 1.82) is 0 Å². The fourth-order valence-electron chi connectivity index (χ4n) is 3.14. The SMILES string of the molecule is NC(=O)c1csc([C@H]2CC[C@@H](CO)O2)n1.NC(=O)c1csc([C@H]2CC[C@@H](CO)O2)n1.O. The van der Waals surface area contributed by atoms with Crippen LogP contribution in [0.4, 0.5) is 0 Å². The van der Waals surface area contributed by atoms with E-state index in [1.165, 1.54) is 22.7 Å². The molecule has 0 saturated carbocycles. The molecule has 31 heavy (non-hydrogen) atoms. The van der Waals surface area contributed by atoms with E-state index in [1.54, 1.807) is 10.8 Å². The van der Waals surface area contributed by atoms with Gasteiger partial charge in [-0.3, -0.25) is 9.59 Å². The van der Waals surface area contributed by atoms with E-state index in [9.17, 15) is 9.59 Å². The van der Waals surface area contributed by atoms with Crippen LogP contribution in [0.3, 0.4) is 0 Å². The Bertz CT molecular complexity index is 804. The first-order chi connectivity index (χ1) is 14.4. The minimum Gasteiger partial charge on any atom is -0.412 e. The molecule has 0 unspecified atom stereocenters. The number of hydrogen-bond acceptors (Lipinski definition) is 10. The molecule has 4 atom stereocenters. The summed E-state index contributed by atoms with van der Waals surface area (Å²) in [4.78, 5) is 29.9. The van der Waals surface area contributed by atoms with Gasteiger partial charge in [-0.05, 0) is 25.7 Å². The number of ether oxygens (including phenoxy) is 2. The average molecular weight is 475 g/mol. The molecular formula is C18H26N4O7S2. The number of carbonyl (C=O) groups is 2. The van der Waals surface area contributed by atoms with Crippen molar-refractivity contribution in [1.82, 2.24) is 9.97 Å². The Morgan fingerprint density at radius 3 is 1.52 bits per heavy atom. The van der Waals surface area contributed by atoms with Crippen LogP contribution in [0.1, 0.15) is 68.9 Å². The van der Waals surface area contributed by atoms with Crippen LogP contribution in [0.15, 0.2) is 10.8 Å². The second-order valence-electron chi connectivity index (χ2n) is 6.88. The molecule has 2 aliphatic rings. The number of nitrogens with zero attached hydrogens (tertiary/aromatic N) is 2. The van der Waals surface area contributed by atoms with Crippen LogP contribution in [-0.2, 0) is 9.47 Å². The van der Waals surface area contributed by atoms with Gasteiger partial charge in [-0.1, -0.05) is 0 Å². The van der Waals surface area contributed by atoms with Crippen molar-refractivity contribution in [2.45, 2.75) is 50.1 Å². The van der Waals surface area contributed by atoms with Gasteiger partial charge in [0.05, 0.1) is 25.4 Å². The third-order valence-corrected chi connectivity index (χ3v) is 6.60. The maximum atomic E-state index is 10.8. The highest BCUT2D eigenvalue weighted by atomic mass is 32.1. The summed E-state index contributed by atoms with van der Waals surface area (Å²) in [6.45, 7) is 0.0646. The van der Waals surface area contributed by atoms with Gasteiger partial charge in [0.1, 0.15) is 33.6 Å². The molecule has 0 aromatic carbocycles. The van der Waals surface area contributed by atoms with E-state index in [1.807, 2.05) is 0 Å². The largest absolute Gasteiger partial charge is 0.412 e. The summed E-state index contributed by atoms with van der Waals surface area (Å²) >= 11 is 2.74. The van der Waals surface area contributed by atoms with Crippen molar-refractivity contribution in [3.05, 3.63) is 32.2 Å². The topological polar surface area (TPSA) is 202 Å². The lowest BCUT2D eigenvalue weighted by Gasteiger charge is -2.08. The van der Waals surface area contributed by atoms with Crippen molar-refractivity contribution in [3.8, 4) is 0 Å². The zero-order valence-electron chi connectivity index (χ0n) is 16.6. The third kappa shape index (κ3) is 6.49. The number of amides is 2. The van der Waals surface area contributed by atoms with Gasteiger partial charge in [0, 0.05) is 10.8 Å². The van der Waals surface area contributed by atoms with E-state index in [0.29, 0.717) is 0 Å². The monoisotopic (exact) mass is 474 g/mol. The Kier molecular flexibility index (Phi) is 9.43. The highest BCUT2D eigenvalue weighted by Crippen LogP contribution is 2.35. The van der Waals surface area contributed by atoms with Gasteiger partial charge in [-0.2, -0.15) is 0 Å². The predicted octanol–water partition coefficient (Wildman–Crippen LogP) is 0.0841. The number of aliphatic hydroxyl groups is 2. The minimum atomic E-state index is -0.519. The standard InChI is InChI=1S/2C9H12N2O3S.H2O/c2*10-8(13)6-4-15-9(11-6)7-2-1-5(3-12)14-7;/h2*4-5,7,12H,1-3H2,(H2,10,13);1H2/t2*5-,7+;/m00./s1. The Balaban J connectivity index is 0.000000213. The van der Waals surface area contributed by atoms with Crippen molar-refractivity contribution in [2.24, 2.45) is 11.5 Å². The molecule has 2 amide bonds. The molecule has 0 spiro atoms. The molecule has 13 heteroatoms. The molecule has 8 N–H and O–H groups in total. The van der Waals surface area contributed by atoms with Gasteiger partial charge in [0.2, 0.25) is 0 Å². The molecule has 0 radical (unpaired) electrons. The average Bonchev–Trinajstić information content (AvgIpc) is 3.53. The maximum Gasteiger partial charge on any atom is 0.268 e. The maximum absolute atomic E-state index is 10.8. The van der Waals surface area contributed by atoms with Crippen LogP contribution in [-0.4, -0.2) is 62.9 Å². The summed E-state index contributed by atoms with van der Waals surface area (Å²) in [6, 6.07) is 0. The molecule has 2 saturated heterocycles. The van der Waals surface area contributed by atoms with E-state index in [2.05, 4.69) is 9.97 Å². The van der Waals surface area contributed by atoms with E-state index < -0.39 is 11.8 Å². The fraction of sp³-hybridized carbons (Fsp3) is 0.556. The second kappa shape index (κ2) is 11.6. The second-order valence-corrected chi connectivity index (χ2v) is 8.66. The van der Waals surface area contributed by atoms with E-state index in [-0.39, 0.29) is 54.5 Å². The molecule has 0 bridgehead atoms. The van der Waals surface area contributed by atoms with Crippen LogP contribution in [0, 0.1) is 0 Å². The minimum absolute atomic E-state index is 0. The smallest absolute Gasteiger partial charge is 0.268 e. The third-order valence-electron chi connectivity index (χ3n) is 4.72. The Labute approximate surface area is 186 Å². The summed E-state index contributed by atoms with van der Waals surface area (Å²) in [5.41, 5.74) is 10.8. The molecule has 0 aliphatic carbocycles. The van der Waals surface area contributed by atoms with Crippen LogP contribution in [0.2, 0.25) is 0 Å². The molecule has 4 rings (SSSR count). The highest BCUT2D eigenvalue weighted by molar-refractivity contribution is 7.10. The fourth-order valence-corrected chi connectivity index (χ4v) is 4.90. The van der Waals surface area contributed by atoms with Gasteiger partial charge in [0.15, 0.2) is 0 Å². The quantitative estimate of drug-likeness (QED) is 0.450. The number of primary amides is 2. The lowest BCUT2D eigenvalue weighted by Crippen LogP contribution is -2.12. The van der Waals surface area contributed by atoms with E-state index in [4.69, 9.17) is 31.2 Å². The lowest BCUT2D eigenvalue weighted by atomic mass is 10.2. The normalized spacial score (nSPS) is 24.8. The van der Waals surface area contributed by atoms with Crippen LogP contribution in [0.25, 0.3) is 0 Å². The summed E-state index contributed by atoms with van der Waals surface area (Å²) in [7, 11) is 0. The zero-order valence-corrected chi connectivity index (χ0v) is 18.2. The zero-order chi connectivity index (χ0) is 21.7. The van der Waals surface area contributed by atoms with Crippen molar-refractivity contribution >= 4 is 34.5 Å². The van der Waals surface area contributed by atoms with Crippen molar-refractivity contribution in [2.75, 3.05) is 13.2 Å². The molecule has 172 valence electrons. The molecular weight excluding hydrogens is 448 g/mol. The predicted molar refractivity (Wildman–Crippen MR) is 113 cm³/mol. The van der Waals surface area contributed by atoms with Crippen LogP contribution < -0.4 is 11.5 Å². The van der Waals surface area contributed by atoms with Gasteiger partial charge in [-0.15, -0.1) is 22.7 Å². The first kappa shape index (κ1) is 25.3. The number of rotatable bonds is 6. The van der Waals surface area contributed by atoms with Crippen LogP contribution >= 0.6 is 22.7 Å². The lowest BCUT2D eigenvalue weighted by molar-refractivity contribution is 0.0108. The van der Waals surface area contributed by atoms with Crippen LogP contribution in [0.5, 0.6) is 0 Å². The summed E-state index contributed by atoms with van der Waals surface area (Å²) < 4.78 is 11.1. The number of carbonyl (C=O) groups excluding carboxylic acids is 2. The molecule has 2 fully saturated rings. The number of hydrogen-bond donors (Lipinski definition) is 4. The van der Waals surface area contributed by atoms with E-state index in [0.717, 1.165) is 35.7 Å². The molecule has 2 aromatic rings. The summed E-state index contributed by atoms with van der Waals surface area (Å²) in [5, 5.41) is 22.6. The number of nitrogens with two attached hydrogens (primary N) is 2. The molecule has 11 nitrogen and oxygen atoms in total. The van der Waals surface area contributed by atoms with Crippen molar-refractivity contribution < 1.29 is 34.8 Å². The molecule has 2 aliphatic heterocycles.